The topological polar surface area (TPSA) is 87.0 Å². The second-order valence-electron chi connectivity index (χ2n) is 5.69. The second kappa shape index (κ2) is 8.46. The van der Waals surface area contributed by atoms with Crippen molar-refractivity contribution in [1.29, 1.82) is 0 Å². The van der Waals surface area contributed by atoms with Crippen molar-refractivity contribution in [2.45, 2.75) is 40.2 Å². The number of anilines is 2. The fourth-order valence-corrected chi connectivity index (χ4v) is 2.52. The van der Waals surface area contributed by atoms with E-state index in [1.54, 1.807) is 18.6 Å². The SMILES string of the molecule is CCCCn1cnc2c(OCC)nc(Nc3ccc(OCC)nc3)nc21. The van der Waals surface area contributed by atoms with Gasteiger partial charge in [0, 0.05) is 12.6 Å². The number of ether oxygens (including phenoxy) is 2. The Balaban J connectivity index is 1.91. The molecule has 0 unspecified atom stereocenters. The maximum Gasteiger partial charge on any atom is 0.247 e. The average molecular weight is 356 g/mol. The van der Waals surface area contributed by atoms with Crippen molar-refractivity contribution < 1.29 is 9.47 Å². The Bertz CT molecular complexity index is 847. The fourth-order valence-electron chi connectivity index (χ4n) is 2.52. The number of rotatable bonds is 9. The molecule has 8 heteroatoms. The summed E-state index contributed by atoms with van der Waals surface area (Å²) in [5.74, 6) is 1.52. The van der Waals surface area contributed by atoms with Crippen molar-refractivity contribution in [2.24, 2.45) is 0 Å². The average Bonchev–Trinajstić information content (AvgIpc) is 3.05. The summed E-state index contributed by atoms with van der Waals surface area (Å²) in [6.07, 6.45) is 5.64. The van der Waals surface area contributed by atoms with Gasteiger partial charge in [0.15, 0.2) is 11.2 Å². The molecule has 3 heterocycles. The molecule has 138 valence electrons. The summed E-state index contributed by atoms with van der Waals surface area (Å²) in [6.45, 7) is 7.96. The van der Waals surface area contributed by atoms with Gasteiger partial charge in [-0.3, -0.25) is 0 Å². The molecule has 26 heavy (non-hydrogen) atoms. The molecule has 0 aliphatic heterocycles. The van der Waals surface area contributed by atoms with E-state index in [2.05, 4.69) is 32.2 Å². The van der Waals surface area contributed by atoms with Crippen molar-refractivity contribution in [2.75, 3.05) is 18.5 Å². The Morgan fingerprint density at radius 3 is 2.58 bits per heavy atom. The van der Waals surface area contributed by atoms with E-state index in [-0.39, 0.29) is 0 Å². The number of hydrogen-bond donors (Lipinski definition) is 1. The van der Waals surface area contributed by atoms with Crippen LogP contribution in [-0.4, -0.2) is 37.7 Å². The van der Waals surface area contributed by atoms with Crippen LogP contribution < -0.4 is 14.8 Å². The molecule has 3 aromatic heterocycles. The van der Waals surface area contributed by atoms with Gasteiger partial charge in [-0.2, -0.15) is 9.97 Å². The summed E-state index contributed by atoms with van der Waals surface area (Å²) in [4.78, 5) is 17.8. The monoisotopic (exact) mass is 356 g/mol. The van der Waals surface area contributed by atoms with Crippen LogP contribution in [0.25, 0.3) is 11.2 Å². The van der Waals surface area contributed by atoms with Crippen molar-refractivity contribution in [1.82, 2.24) is 24.5 Å². The number of imidazole rings is 1. The molecule has 0 saturated carbocycles. The van der Waals surface area contributed by atoms with E-state index >= 15 is 0 Å². The van der Waals surface area contributed by atoms with Gasteiger partial charge in [-0.05, 0) is 26.3 Å². The zero-order valence-corrected chi connectivity index (χ0v) is 15.4. The molecule has 0 aliphatic carbocycles. The van der Waals surface area contributed by atoms with Crippen LogP contribution in [0.3, 0.4) is 0 Å². The van der Waals surface area contributed by atoms with Crippen LogP contribution in [0.2, 0.25) is 0 Å². The predicted octanol–water partition coefficient (Wildman–Crippen LogP) is 3.56. The number of aryl methyl sites for hydroxylation is 1. The van der Waals surface area contributed by atoms with Crippen LogP contribution in [0, 0.1) is 0 Å². The summed E-state index contributed by atoms with van der Waals surface area (Å²) in [7, 11) is 0. The van der Waals surface area contributed by atoms with E-state index in [0.717, 1.165) is 30.7 Å². The molecular weight excluding hydrogens is 332 g/mol. The van der Waals surface area contributed by atoms with Gasteiger partial charge >= 0.3 is 0 Å². The first-order valence-corrected chi connectivity index (χ1v) is 8.96. The first-order chi connectivity index (χ1) is 12.7. The van der Waals surface area contributed by atoms with Crippen LogP contribution >= 0.6 is 0 Å². The number of fused-ring (bicyclic) bond motifs is 1. The molecule has 3 rings (SSSR count). The highest BCUT2D eigenvalue weighted by Gasteiger charge is 2.14. The van der Waals surface area contributed by atoms with Crippen LogP contribution in [0.5, 0.6) is 11.8 Å². The Labute approximate surface area is 152 Å². The summed E-state index contributed by atoms with van der Waals surface area (Å²) in [5, 5.41) is 3.18. The fraction of sp³-hybridized carbons (Fsp3) is 0.444. The van der Waals surface area contributed by atoms with Gasteiger partial charge < -0.3 is 19.4 Å². The lowest BCUT2D eigenvalue weighted by Crippen LogP contribution is -2.05. The summed E-state index contributed by atoms with van der Waals surface area (Å²) >= 11 is 0. The number of nitrogens with zero attached hydrogens (tertiary/aromatic N) is 5. The molecule has 0 bridgehead atoms. The van der Waals surface area contributed by atoms with Gasteiger partial charge in [-0.25, -0.2) is 9.97 Å². The van der Waals surface area contributed by atoms with Crippen LogP contribution in [0.4, 0.5) is 11.6 Å². The van der Waals surface area contributed by atoms with Crippen molar-refractivity contribution in [3.63, 3.8) is 0 Å². The summed E-state index contributed by atoms with van der Waals surface area (Å²) in [5.41, 5.74) is 2.21. The van der Waals surface area contributed by atoms with Crippen molar-refractivity contribution >= 4 is 22.8 Å². The number of nitrogens with one attached hydrogen (secondary N) is 1. The molecule has 3 aromatic rings. The number of hydrogen-bond acceptors (Lipinski definition) is 7. The maximum atomic E-state index is 5.66. The van der Waals surface area contributed by atoms with Gasteiger partial charge in [-0.1, -0.05) is 13.3 Å². The number of unbranched alkanes of at least 4 members (excludes halogenated alkanes) is 1. The van der Waals surface area contributed by atoms with Crippen LogP contribution in [0.1, 0.15) is 33.6 Å². The zero-order chi connectivity index (χ0) is 18.4. The van der Waals surface area contributed by atoms with E-state index in [4.69, 9.17) is 9.47 Å². The molecule has 0 aliphatic rings. The molecule has 1 N–H and O–H groups in total. The van der Waals surface area contributed by atoms with E-state index in [1.165, 1.54) is 0 Å². The number of pyridine rings is 1. The van der Waals surface area contributed by atoms with E-state index in [9.17, 15) is 0 Å². The molecule has 0 radical (unpaired) electrons. The second-order valence-corrected chi connectivity index (χ2v) is 5.69. The maximum absolute atomic E-state index is 5.66. The quantitative estimate of drug-likeness (QED) is 0.627. The molecule has 0 atom stereocenters. The molecule has 0 amide bonds. The van der Waals surface area contributed by atoms with Gasteiger partial charge in [0.25, 0.3) is 0 Å². The predicted molar refractivity (Wildman–Crippen MR) is 100 cm³/mol. The first-order valence-electron chi connectivity index (χ1n) is 8.96. The third-order valence-corrected chi connectivity index (χ3v) is 3.75. The Morgan fingerprint density at radius 1 is 1.04 bits per heavy atom. The smallest absolute Gasteiger partial charge is 0.247 e. The Morgan fingerprint density at radius 2 is 1.88 bits per heavy atom. The van der Waals surface area contributed by atoms with E-state index in [1.807, 2.05) is 24.5 Å². The van der Waals surface area contributed by atoms with Gasteiger partial charge in [0.1, 0.15) is 0 Å². The van der Waals surface area contributed by atoms with Crippen molar-refractivity contribution in [3.8, 4) is 11.8 Å². The van der Waals surface area contributed by atoms with Crippen LogP contribution in [-0.2, 0) is 6.54 Å². The van der Waals surface area contributed by atoms with E-state index in [0.29, 0.717) is 36.4 Å². The Kier molecular flexibility index (Phi) is 5.83. The summed E-state index contributed by atoms with van der Waals surface area (Å²) in [6, 6.07) is 3.68. The number of aromatic nitrogens is 5. The molecule has 0 aromatic carbocycles. The van der Waals surface area contributed by atoms with Gasteiger partial charge in [-0.15, -0.1) is 0 Å². The third kappa shape index (κ3) is 4.01. The zero-order valence-electron chi connectivity index (χ0n) is 15.4. The highest BCUT2D eigenvalue weighted by molar-refractivity contribution is 5.78. The Hall–Kier alpha value is -2.90. The minimum Gasteiger partial charge on any atom is -0.478 e. The third-order valence-electron chi connectivity index (χ3n) is 3.75. The van der Waals surface area contributed by atoms with Crippen molar-refractivity contribution in [3.05, 3.63) is 24.7 Å². The molecule has 8 nitrogen and oxygen atoms in total. The normalized spacial score (nSPS) is 10.9. The minimum absolute atomic E-state index is 0.449. The minimum atomic E-state index is 0.449. The molecular formula is C18H24N6O2. The highest BCUT2D eigenvalue weighted by atomic mass is 16.5. The molecule has 0 saturated heterocycles. The van der Waals surface area contributed by atoms with Gasteiger partial charge in [0.05, 0.1) is 31.4 Å². The lowest BCUT2D eigenvalue weighted by molar-refractivity contribution is 0.327. The first kappa shape index (κ1) is 17.9. The molecule has 0 fully saturated rings. The largest absolute Gasteiger partial charge is 0.478 e. The van der Waals surface area contributed by atoms with Crippen LogP contribution in [0.15, 0.2) is 24.7 Å². The molecule has 0 spiro atoms. The standard InChI is InChI=1S/C18H24N6O2/c1-4-7-10-24-12-20-15-16(24)22-18(23-17(15)26-6-3)21-13-8-9-14(19-11-13)25-5-2/h8-9,11-12H,4-7,10H2,1-3H3,(H,21,22,23). The van der Waals surface area contributed by atoms with Gasteiger partial charge in [0.2, 0.25) is 17.7 Å². The lowest BCUT2D eigenvalue weighted by atomic mass is 10.3. The summed E-state index contributed by atoms with van der Waals surface area (Å²) < 4.78 is 13.1. The lowest BCUT2D eigenvalue weighted by Gasteiger charge is -2.09. The van der Waals surface area contributed by atoms with E-state index < -0.39 is 0 Å². The highest BCUT2D eigenvalue weighted by Crippen LogP contribution is 2.25.